The van der Waals surface area contributed by atoms with Crippen molar-refractivity contribution in [1.82, 2.24) is 35.3 Å². The largest absolute Gasteiger partial charge is 0.356 e. The summed E-state index contributed by atoms with van der Waals surface area (Å²) in [5, 5.41) is 19.4. The molecule has 0 unspecified atom stereocenters. The average molecular weight is 462 g/mol. The second-order valence-corrected chi connectivity index (χ2v) is 8.51. The molecule has 1 N–H and O–H groups in total. The summed E-state index contributed by atoms with van der Waals surface area (Å²) in [5.41, 5.74) is 3.61. The molecule has 0 aliphatic rings. The van der Waals surface area contributed by atoms with E-state index in [0.717, 1.165) is 54.2 Å². The van der Waals surface area contributed by atoms with Crippen LogP contribution in [0.3, 0.4) is 0 Å². The fourth-order valence-corrected chi connectivity index (χ4v) is 4.02. The molecular formula is C25H31N7O2. The number of fused-ring (bicyclic) bond motifs is 2. The van der Waals surface area contributed by atoms with Gasteiger partial charge in [-0.3, -0.25) is 9.59 Å². The third-order valence-corrected chi connectivity index (χ3v) is 5.95. The second kappa shape index (κ2) is 12.0. The zero-order chi connectivity index (χ0) is 23.6. The first-order valence-corrected chi connectivity index (χ1v) is 12.1. The standard InChI is InChI=1S/C25H31N7O2/c33-20(15-18-31-23-13-7-5-11-21(23)27-29-31)10-4-2-1-3-9-17-26-25(34)16-19-32-24-14-8-6-12-22(24)28-30-32/h5-8,11-14H,1-4,9-10,15-19H2,(H,26,34). The van der Waals surface area contributed by atoms with Gasteiger partial charge in [-0.15, -0.1) is 10.2 Å². The van der Waals surface area contributed by atoms with Crippen LogP contribution in [0.25, 0.3) is 22.1 Å². The summed E-state index contributed by atoms with van der Waals surface area (Å²) in [6.07, 6.45) is 6.50. The minimum absolute atomic E-state index is 0.0327. The second-order valence-electron chi connectivity index (χ2n) is 8.51. The molecule has 0 radical (unpaired) electrons. The normalized spacial score (nSPS) is 11.3. The van der Waals surface area contributed by atoms with Gasteiger partial charge in [0.2, 0.25) is 5.91 Å². The first-order chi connectivity index (χ1) is 16.7. The van der Waals surface area contributed by atoms with Gasteiger partial charge in [-0.25, -0.2) is 9.36 Å². The number of nitrogens with one attached hydrogen (secondary N) is 1. The maximum absolute atomic E-state index is 12.2. The van der Waals surface area contributed by atoms with Crippen molar-refractivity contribution in [2.75, 3.05) is 6.54 Å². The van der Waals surface area contributed by atoms with E-state index in [4.69, 9.17) is 0 Å². The summed E-state index contributed by atoms with van der Waals surface area (Å²) < 4.78 is 3.57. The van der Waals surface area contributed by atoms with Crippen molar-refractivity contribution in [3.05, 3.63) is 48.5 Å². The zero-order valence-electron chi connectivity index (χ0n) is 19.4. The highest BCUT2D eigenvalue weighted by Gasteiger charge is 2.08. The van der Waals surface area contributed by atoms with E-state index in [-0.39, 0.29) is 11.7 Å². The topological polar surface area (TPSA) is 108 Å². The van der Waals surface area contributed by atoms with Crippen molar-refractivity contribution in [3.63, 3.8) is 0 Å². The van der Waals surface area contributed by atoms with Gasteiger partial charge >= 0.3 is 0 Å². The molecular weight excluding hydrogens is 430 g/mol. The predicted molar refractivity (Wildman–Crippen MR) is 130 cm³/mol. The van der Waals surface area contributed by atoms with Crippen LogP contribution < -0.4 is 5.32 Å². The third kappa shape index (κ3) is 6.46. The molecule has 4 rings (SSSR count). The predicted octanol–water partition coefficient (Wildman–Crippen LogP) is 3.68. The van der Waals surface area contributed by atoms with Gasteiger partial charge in [-0.2, -0.15) is 0 Å². The molecule has 1 amide bonds. The van der Waals surface area contributed by atoms with Crippen LogP contribution in [0.15, 0.2) is 48.5 Å². The smallest absolute Gasteiger partial charge is 0.221 e. The summed E-state index contributed by atoms with van der Waals surface area (Å²) in [7, 11) is 0. The number of carbonyl (C=O) groups excluding carboxylic acids is 2. The van der Waals surface area contributed by atoms with Crippen molar-refractivity contribution < 1.29 is 9.59 Å². The Morgan fingerprint density at radius 3 is 1.91 bits per heavy atom. The lowest BCUT2D eigenvalue weighted by Crippen LogP contribution is -2.25. The molecule has 9 heteroatoms. The number of hydrogen-bond donors (Lipinski definition) is 1. The summed E-state index contributed by atoms with van der Waals surface area (Å²) in [6.45, 7) is 1.78. The van der Waals surface area contributed by atoms with Crippen LogP contribution in [0.2, 0.25) is 0 Å². The number of para-hydroxylation sites is 2. The zero-order valence-corrected chi connectivity index (χ0v) is 19.4. The van der Waals surface area contributed by atoms with Gasteiger partial charge in [0.15, 0.2) is 0 Å². The number of aromatic nitrogens is 6. The monoisotopic (exact) mass is 461 g/mol. The molecule has 0 spiro atoms. The van der Waals surface area contributed by atoms with E-state index in [1.54, 1.807) is 9.36 Å². The number of unbranched alkanes of at least 4 members (excludes halogenated alkanes) is 4. The molecule has 0 aliphatic heterocycles. The van der Waals surface area contributed by atoms with Gasteiger partial charge in [0.25, 0.3) is 0 Å². The van der Waals surface area contributed by atoms with Crippen LogP contribution in [-0.4, -0.2) is 48.2 Å². The van der Waals surface area contributed by atoms with Crippen LogP contribution in [-0.2, 0) is 22.7 Å². The van der Waals surface area contributed by atoms with E-state index >= 15 is 0 Å². The maximum Gasteiger partial charge on any atom is 0.221 e. The van der Waals surface area contributed by atoms with Crippen LogP contribution in [0.4, 0.5) is 0 Å². The Labute approximate surface area is 198 Å². The Hall–Kier alpha value is -3.62. The van der Waals surface area contributed by atoms with Crippen molar-refractivity contribution in [2.45, 2.75) is 64.5 Å². The Balaban J connectivity index is 1.01. The minimum Gasteiger partial charge on any atom is -0.356 e. The lowest BCUT2D eigenvalue weighted by Gasteiger charge is -2.06. The highest BCUT2D eigenvalue weighted by Crippen LogP contribution is 2.12. The number of nitrogens with zero attached hydrogens (tertiary/aromatic N) is 6. The van der Waals surface area contributed by atoms with Gasteiger partial charge in [0, 0.05) is 25.8 Å². The molecule has 9 nitrogen and oxygen atoms in total. The number of Topliss-reactive ketones (excluding diaryl/α,β-unsaturated/α-hetero) is 1. The highest BCUT2D eigenvalue weighted by molar-refractivity contribution is 5.79. The van der Waals surface area contributed by atoms with Gasteiger partial charge in [-0.1, -0.05) is 54.0 Å². The van der Waals surface area contributed by atoms with E-state index in [2.05, 4.69) is 25.9 Å². The Kier molecular flexibility index (Phi) is 8.32. The first-order valence-electron chi connectivity index (χ1n) is 12.1. The van der Waals surface area contributed by atoms with Crippen molar-refractivity contribution >= 4 is 33.8 Å². The fraction of sp³-hybridized carbons (Fsp3) is 0.440. The Morgan fingerprint density at radius 2 is 1.24 bits per heavy atom. The van der Waals surface area contributed by atoms with E-state index in [1.807, 2.05) is 48.5 Å². The average Bonchev–Trinajstić information content (AvgIpc) is 3.47. The van der Waals surface area contributed by atoms with Crippen molar-refractivity contribution in [2.24, 2.45) is 0 Å². The molecule has 34 heavy (non-hydrogen) atoms. The summed E-state index contributed by atoms with van der Waals surface area (Å²) in [6, 6.07) is 15.5. The minimum atomic E-state index is 0.0327. The molecule has 2 aromatic heterocycles. The lowest BCUT2D eigenvalue weighted by atomic mass is 10.1. The summed E-state index contributed by atoms with van der Waals surface area (Å²) in [4.78, 5) is 24.3. The highest BCUT2D eigenvalue weighted by atomic mass is 16.1. The lowest BCUT2D eigenvalue weighted by molar-refractivity contribution is -0.121. The molecule has 0 atom stereocenters. The van der Waals surface area contributed by atoms with Crippen molar-refractivity contribution in [1.29, 1.82) is 0 Å². The Bertz CT molecular complexity index is 1130. The molecule has 0 bridgehead atoms. The van der Waals surface area contributed by atoms with Crippen LogP contribution in [0, 0.1) is 0 Å². The summed E-state index contributed by atoms with van der Waals surface area (Å²) in [5.74, 6) is 0.303. The number of carbonyl (C=O) groups is 2. The quantitative estimate of drug-likeness (QED) is 0.287. The van der Waals surface area contributed by atoms with E-state index < -0.39 is 0 Å². The van der Waals surface area contributed by atoms with E-state index in [1.165, 1.54) is 0 Å². The molecule has 0 saturated carbocycles. The van der Waals surface area contributed by atoms with Gasteiger partial charge in [0.05, 0.1) is 24.1 Å². The fourth-order valence-electron chi connectivity index (χ4n) is 4.02. The van der Waals surface area contributed by atoms with Gasteiger partial charge in [-0.05, 0) is 37.1 Å². The SMILES string of the molecule is O=C(CCCCCCCNC(=O)CCn1nnc2ccccc21)CCn1nnc2ccccc21. The molecule has 2 aromatic carbocycles. The summed E-state index contributed by atoms with van der Waals surface area (Å²) >= 11 is 0. The van der Waals surface area contributed by atoms with Gasteiger partial charge < -0.3 is 5.32 Å². The number of rotatable bonds is 14. The van der Waals surface area contributed by atoms with Gasteiger partial charge in [0.1, 0.15) is 16.8 Å². The first kappa shape index (κ1) is 23.5. The molecule has 2 heterocycles. The number of ketones is 1. The van der Waals surface area contributed by atoms with Crippen LogP contribution in [0.1, 0.15) is 51.4 Å². The Morgan fingerprint density at radius 1 is 0.676 bits per heavy atom. The molecule has 4 aromatic rings. The van der Waals surface area contributed by atoms with Crippen LogP contribution >= 0.6 is 0 Å². The molecule has 178 valence electrons. The number of hydrogen-bond acceptors (Lipinski definition) is 6. The molecule has 0 aliphatic carbocycles. The number of benzene rings is 2. The third-order valence-electron chi connectivity index (χ3n) is 5.95. The van der Waals surface area contributed by atoms with Crippen molar-refractivity contribution in [3.8, 4) is 0 Å². The van der Waals surface area contributed by atoms with E-state index in [0.29, 0.717) is 38.9 Å². The van der Waals surface area contributed by atoms with Crippen LogP contribution in [0.5, 0.6) is 0 Å². The maximum atomic E-state index is 12.2. The van der Waals surface area contributed by atoms with E-state index in [9.17, 15) is 9.59 Å². The number of aryl methyl sites for hydroxylation is 2. The molecule has 0 saturated heterocycles. The number of amides is 1. The molecule has 0 fully saturated rings.